The standard InChI is InChI=1S/C10H10F3NOS.BrH/c11-10(12,13)15-8-1-2-9-7(5-8)6-14-3-4-16-9;/h1-2,5,14H,3-4,6H2;1H. The fourth-order valence-electron chi connectivity index (χ4n) is 1.49. The zero-order chi connectivity index (χ0) is 11.6. The molecule has 0 atom stereocenters. The van der Waals surface area contributed by atoms with E-state index in [-0.39, 0.29) is 22.7 Å². The van der Waals surface area contributed by atoms with Gasteiger partial charge < -0.3 is 10.1 Å². The number of hydrogen-bond acceptors (Lipinski definition) is 3. The SMILES string of the molecule is Br.FC(F)(F)Oc1ccc2c(c1)CNCCS2. The van der Waals surface area contributed by atoms with Crippen molar-refractivity contribution in [1.29, 1.82) is 0 Å². The van der Waals surface area contributed by atoms with E-state index in [1.807, 2.05) is 0 Å². The van der Waals surface area contributed by atoms with Crippen molar-refractivity contribution in [3.8, 4) is 5.75 Å². The fraction of sp³-hybridized carbons (Fsp3) is 0.400. The Kier molecular flexibility index (Phi) is 5.15. The topological polar surface area (TPSA) is 21.3 Å². The molecule has 0 spiro atoms. The summed E-state index contributed by atoms with van der Waals surface area (Å²) in [7, 11) is 0. The van der Waals surface area contributed by atoms with Gasteiger partial charge in [0.1, 0.15) is 5.75 Å². The van der Waals surface area contributed by atoms with Crippen LogP contribution in [0, 0.1) is 0 Å². The maximum Gasteiger partial charge on any atom is 0.573 e. The highest BCUT2D eigenvalue weighted by atomic mass is 79.9. The molecule has 2 rings (SSSR count). The van der Waals surface area contributed by atoms with Gasteiger partial charge in [0, 0.05) is 23.7 Å². The van der Waals surface area contributed by atoms with Gasteiger partial charge in [0.05, 0.1) is 0 Å². The van der Waals surface area contributed by atoms with Crippen molar-refractivity contribution >= 4 is 28.7 Å². The van der Waals surface area contributed by atoms with Crippen LogP contribution in [0.1, 0.15) is 5.56 Å². The van der Waals surface area contributed by atoms with Gasteiger partial charge in [-0.2, -0.15) is 0 Å². The Balaban J connectivity index is 0.00000144. The van der Waals surface area contributed by atoms with Crippen LogP contribution in [0.25, 0.3) is 0 Å². The van der Waals surface area contributed by atoms with Crippen LogP contribution in [0.2, 0.25) is 0 Å². The first-order valence-electron chi connectivity index (χ1n) is 4.77. The Hall–Kier alpha value is -0.400. The molecule has 0 fully saturated rings. The van der Waals surface area contributed by atoms with E-state index in [0.29, 0.717) is 6.54 Å². The molecule has 0 radical (unpaired) electrons. The average Bonchev–Trinajstić information content (AvgIpc) is 2.39. The molecular weight excluding hydrogens is 319 g/mol. The molecule has 0 saturated carbocycles. The van der Waals surface area contributed by atoms with Crippen molar-refractivity contribution in [2.45, 2.75) is 17.8 Å². The molecule has 0 aliphatic carbocycles. The van der Waals surface area contributed by atoms with E-state index in [0.717, 1.165) is 22.8 Å². The zero-order valence-corrected chi connectivity index (χ0v) is 11.2. The molecule has 0 saturated heterocycles. The number of hydrogen-bond donors (Lipinski definition) is 1. The Morgan fingerprint density at radius 1 is 1.29 bits per heavy atom. The molecule has 0 amide bonds. The molecule has 17 heavy (non-hydrogen) atoms. The minimum absolute atomic E-state index is 0. The third-order valence-corrected chi connectivity index (χ3v) is 3.23. The van der Waals surface area contributed by atoms with Crippen molar-refractivity contribution in [3.63, 3.8) is 0 Å². The highest BCUT2D eigenvalue weighted by Gasteiger charge is 2.31. The molecule has 1 aliphatic rings. The lowest BCUT2D eigenvalue weighted by molar-refractivity contribution is -0.274. The van der Waals surface area contributed by atoms with Crippen LogP contribution in [0.4, 0.5) is 13.2 Å². The molecule has 1 heterocycles. The number of nitrogens with one attached hydrogen (secondary N) is 1. The van der Waals surface area contributed by atoms with E-state index in [9.17, 15) is 13.2 Å². The van der Waals surface area contributed by atoms with Crippen molar-refractivity contribution in [3.05, 3.63) is 23.8 Å². The van der Waals surface area contributed by atoms with Crippen LogP contribution in [-0.4, -0.2) is 18.7 Å². The number of thioether (sulfide) groups is 1. The first kappa shape index (κ1) is 14.7. The smallest absolute Gasteiger partial charge is 0.406 e. The van der Waals surface area contributed by atoms with Crippen LogP contribution in [0.15, 0.2) is 23.1 Å². The van der Waals surface area contributed by atoms with E-state index in [1.54, 1.807) is 17.8 Å². The molecule has 1 N–H and O–H groups in total. The van der Waals surface area contributed by atoms with Crippen LogP contribution >= 0.6 is 28.7 Å². The molecule has 2 nitrogen and oxygen atoms in total. The third kappa shape index (κ3) is 4.40. The van der Waals surface area contributed by atoms with Crippen LogP contribution in [0.3, 0.4) is 0 Å². The summed E-state index contributed by atoms with van der Waals surface area (Å²) in [4.78, 5) is 1.01. The summed E-state index contributed by atoms with van der Waals surface area (Å²) in [5.74, 6) is 0.766. The van der Waals surface area contributed by atoms with E-state index in [2.05, 4.69) is 10.1 Å². The quantitative estimate of drug-likeness (QED) is 0.853. The Bertz CT molecular complexity index is 386. The number of rotatable bonds is 1. The van der Waals surface area contributed by atoms with Crippen molar-refractivity contribution in [1.82, 2.24) is 5.32 Å². The number of alkyl halides is 3. The van der Waals surface area contributed by atoms with E-state index < -0.39 is 6.36 Å². The summed E-state index contributed by atoms with van der Waals surface area (Å²) in [5, 5.41) is 3.14. The second-order valence-corrected chi connectivity index (χ2v) is 4.48. The number of halogens is 4. The second-order valence-electron chi connectivity index (χ2n) is 3.34. The first-order chi connectivity index (χ1) is 7.54. The largest absolute Gasteiger partial charge is 0.573 e. The van der Waals surface area contributed by atoms with Crippen LogP contribution in [0.5, 0.6) is 5.75 Å². The number of benzene rings is 1. The molecule has 0 unspecified atom stereocenters. The predicted molar refractivity (Wildman–Crippen MR) is 65.9 cm³/mol. The number of ether oxygens (including phenoxy) is 1. The maximum absolute atomic E-state index is 12.0. The monoisotopic (exact) mass is 329 g/mol. The molecule has 96 valence electrons. The highest BCUT2D eigenvalue weighted by Crippen LogP contribution is 2.30. The molecule has 0 bridgehead atoms. The Morgan fingerprint density at radius 2 is 2.06 bits per heavy atom. The maximum atomic E-state index is 12.0. The first-order valence-corrected chi connectivity index (χ1v) is 5.75. The van der Waals surface area contributed by atoms with Gasteiger partial charge in [-0.15, -0.1) is 41.9 Å². The summed E-state index contributed by atoms with van der Waals surface area (Å²) in [5.41, 5.74) is 0.851. The molecule has 0 aromatic heterocycles. The fourth-order valence-corrected chi connectivity index (χ4v) is 2.44. The zero-order valence-electron chi connectivity index (χ0n) is 8.71. The van der Waals surface area contributed by atoms with Gasteiger partial charge in [-0.05, 0) is 23.8 Å². The summed E-state index contributed by atoms with van der Waals surface area (Å²) in [6.45, 7) is 1.44. The van der Waals surface area contributed by atoms with E-state index in [4.69, 9.17) is 0 Å². The highest BCUT2D eigenvalue weighted by molar-refractivity contribution is 8.93. The Labute approximate surface area is 112 Å². The van der Waals surface area contributed by atoms with Crippen molar-refractivity contribution < 1.29 is 17.9 Å². The van der Waals surface area contributed by atoms with Gasteiger partial charge in [0.2, 0.25) is 0 Å². The molecule has 1 aromatic carbocycles. The van der Waals surface area contributed by atoms with Gasteiger partial charge in [-0.25, -0.2) is 0 Å². The van der Waals surface area contributed by atoms with Gasteiger partial charge in [-0.1, -0.05) is 0 Å². The molecule has 1 aromatic rings. The second kappa shape index (κ2) is 5.97. The van der Waals surface area contributed by atoms with Gasteiger partial charge in [-0.3, -0.25) is 0 Å². The lowest BCUT2D eigenvalue weighted by Gasteiger charge is -2.11. The van der Waals surface area contributed by atoms with E-state index >= 15 is 0 Å². The summed E-state index contributed by atoms with van der Waals surface area (Å²) >= 11 is 1.64. The van der Waals surface area contributed by atoms with Crippen molar-refractivity contribution in [2.24, 2.45) is 0 Å². The molecule has 1 aliphatic heterocycles. The van der Waals surface area contributed by atoms with E-state index in [1.165, 1.54) is 12.1 Å². The molecular formula is C10H11BrF3NOS. The average molecular weight is 330 g/mol. The Morgan fingerprint density at radius 3 is 2.76 bits per heavy atom. The molecule has 7 heteroatoms. The van der Waals surface area contributed by atoms with Gasteiger partial charge in [0.15, 0.2) is 0 Å². The lowest BCUT2D eigenvalue weighted by atomic mass is 10.2. The van der Waals surface area contributed by atoms with Crippen LogP contribution in [-0.2, 0) is 6.54 Å². The normalized spacial score (nSPS) is 15.5. The van der Waals surface area contributed by atoms with Gasteiger partial charge in [0.25, 0.3) is 0 Å². The van der Waals surface area contributed by atoms with Gasteiger partial charge >= 0.3 is 6.36 Å². The minimum atomic E-state index is -4.63. The number of fused-ring (bicyclic) bond motifs is 1. The minimum Gasteiger partial charge on any atom is -0.406 e. The lowest BCUT2D eigenvalue weighted by Crippen LogP contribution is -2.17. The van der Waals surface area contributed by atoms with Crippen molar-refractivity contribution in [2.75, 3.05) is 12.3 Å². The predicted octanol–water partition coefficient (Wildman–Crippen LogP) is 3.36. The van der Waals surface area contributed by atoms with Crippen LogP contribution < -0.4 is 10.1 Å². The summed E-state index contributed by atoms with van der Waals surface area (Å²) in [6.07, 6.45) is -4.63. The summed E-state index contributed by atoms with van der Waals surface area (Å²) < 4.78 is 39.9. The summed E-state index contributed by atoms with van der Waals surface area (Å²) in [6, 6.07) is 4.47. The third-order valence-electron chi connectivity index (χ3n) is 2.12.